The van der Waals surface area contributed by atoms with E-state index in [1.165, 1.54) is 193 Å². The Balaban J connectivity index is 4.37. The van der Waals surface area contributed by atoms with Gasteiger partial charge in [0, 0.05) is 19.3 Å². The lowest BCUT2D eigenvalue weighted by Gasteiger charge is -2.18. The van der Waals surface area contributed by atoms with E-state index >= 15 is 0 Å². The molecule has 0 saturated heterocycles. The van der Waals surface area contributed by atoms with Crippen LogP contribution in [-0.4, -0.2) is 37.2 Å². The summed E-state index contributed by atoms with van der Waals surface area (Å²) in [7, 11) is 0. The molecular weight excluding hydrogens is 877 g/mol. The molecule has 0 aromatic heterocycles. The Labute approximate surface area is 440 Å². The van der Waals surface area contributed by atoms with Crippen molar-refractivity contribution in [3.63, 3.8) is 0 Å². The summed E-state index contributed by atoms with van der Waals surface area (Å²) >= 11 is 0. The van der Waals surface area contributed by atoms with Crippen LogP contribution >= 0.6 is 0 Å². The minimum atomic E-state index is -0.793. The van der Waals surface area contributed by atoms with E-state index in [4.69, 9.17) is 14.2 Å². The molecule has 0 heterocycles. The van der Waals surface area contributed by atoms with Gasteiger partial charge in [0.25, 0.3) is 0 Å². The van der Waals surface area contributed by atoms with Gasteiger partial charge in [0.2, 0.25) is 0 Å². The molecule has 0 aromatic rings. The van der Waals surface area contributed by atoms with Crippen LogP contribution in [0.4, 0.5) is 0 Å². The molecule has 6 nitrogen and oxygen atoms in total. The van der Waals surface area contributed by atoms with Gasteiger partial charge < -0.3 is 14.2 Å². The fraction of sp³-hybridized carbons (Fsp3) is 0.800. The first-order chi connectivity index (χ1) is 35.0. The molecule has 1 atom stereocenters. The highest BCUT2D eigenvalue weighted by molar-refractivity contribution is 5.71. The molecule has 0 aliphatic heterocycles. The SMILES string of the molecule is CCCCC/C=C\C/C=C\C/C=C\CCCCC(=O)OC[C@H](COC(=O)CCCCCCCCCCCCCCCCCCCCCCC)OC(=O)CCCCCCCCC/C=C\C/C=C\CCCCC. The summed E-state index contributed by atoms with van der Waals surface area (Å²) in [6.45, 7) is 6.59. The number of hydrogen-bond donors (Lipinski definition) is 0. The van der Waals surface area contributed by atoms with Crippen LogP contribution in [0.2, 0.25) is 0 Å². The van der Waals surface area contributed by atoms with Crippen molar-refractivity contribution in [1.82, 2.24) is 0 Å². The number of esters is 3. The zero-order valence-electron chi connectivity index (χ0n) is 47.2. The minimum Gasteiger partial charge on any atom is -0.462 e. The van der Waals surface area contributed by atoms with E-state index in [2.05, 4.69) is 81.5 Å². The average Bonchev–Trinajstić information content (AvgIpc) is 3.37. The lowest BCUT2D eigenvalue weighted by Crippen LogP contribution is -2.30. The molecule has 0 radical (unpaired) electrons. The quantitative estimate of drug-likeness (QED) is 0.0261. The maximum atomic E-state index is 12.9. The molecule has 412 valence electrons. The van der Waals surface area contributed by atoms with E-state index in [-0.39, 0.29) is 31.1 Å². The predicted octanol–water partition coefficient (Wildman–Crippen LogP) is 20.8. The third-order valence-corrected chi connectivity index (χ3v) is 13.5. The Morgan fingerprint density at radius 3 is 0.845 bits per heavy atom. The third kappa shape index (κ3) is 57.9. The standard InChI is InChI=1S/C65H116O6/c1-4-7-10-13-16-19-22-25-28-30-31-32-33-35-37-40-43-46-49-52-55-58-64(67)70-61-62(60-69-63(66)57-54-51-48-45-42-39-36-27-24-21-18-15-12-9-6-3)71-65(68)59-56-53-50-47-44-41-38-34-29-26-23-20-17-14-11-8-5-2/h17-18,20-21,26-27,29,36,42,45,62H,4-16,19,22-25,28,30-35,37-41,43-44,46-61H2,1-3H3/b20-17-,21-18-,29-26-,36-27-,45-42-/t62-/m1/s1. The summed E-state index contributed by atoms with van der Waals surface area (Å²) in [6.07, 6.45) is 75.1. The van der Waals surface area contributed by atoms with Crippen LogP contribution in [0.25, 0.3) is 0 Å². The molecule has 0 aliphatic carbocycles. The van der Waals surface area contributed by atoms with Crippen LogP contribution in [0.15, 0.2) is 60.8 Å². The van der Waals surface area contributed by atoms with Crippen LogP contribution in [0.1, 0.15) is 316 Å². The first-order valence-electron chi connectivity index (χ1n) is 30.8. The van der Waals surface area contributed by atoms with Gasteiger partial charge in [-0.2, -0.15) is 0 Å². The van der Waals surface area contributed by atoms with E-state index < -0.39 is 6.10 Å². The van der Waals surface area contributed by atoms with E-state index in [9.17, 15) is 14.4 Å². The molecule has 0 aromatic carbocycles. The highest BCUT2D eigenvalue weighted by Crippen LogP contribution is 2.17. The number of rotatable bonds is 56. The summed E-state index contributed by atoms with van der Waals surface area (Å²) < 4.78 is 16.9. The molecule has 0 amide bonds. The Morgan fingerprint density at radius 1 is 0.282 bits per heavy atom. The van der Waals surface area contributed by atoms with Crippen LogP contribution in [0.3, 0.4) is 0 Å². The maximum absolute atomic E-state index is 12.9. The molecular formula is C65H116O6. The topological polar surface area (TPSA) is 78.9 Å². The monoisotopic (exact) mass is 993 g/mol. The van der Waals surface area contributed by atoms with E-state index in [1.807, 2.05) is 0 Å². The van der Waals surface area contributed by atoms with E-state index in [0.29, 0.717) is 19.3 Å². The van der Waals surface area contributed by atoms with Crippen molar-refractivity contribution >= 4 is 17.9 Å². The average molecular weight is 994 g/mol. The number of carbonyl (C=O) groups excluding carboxylic acids is 3. The molecule has 6 heteroatoms. The summed E-state index contributed by atoms with van der Waals surface area (Å²) in [5, 5.41) is 0. The maximum Gasteiger partial charge on any atom is 0.306 e. The number of allylic oxidation sites excluding steroid dienone is 10. The van der Waals surface area contributed by atoms with E-state index in [1.54, 1.807) is 0 Å². The lowest BCUT2D eigenvalue weighted by molar-refractivity contribution is -0.167. The van der Waals surface area contributed by atoms with Crippen molar-refractivity contribution in [2.75, 3.05) is 13.2 Å². The number of ether oxygens (including phenoxy) is 3. The van der Waals surface area contributed by atoms with Gasteiger partial charge in [0.05, 0.1) is 0 Å². The largest absolute Gasteiger partial charge is 0.462 e. The second-order valence-electron chi connectivity index (χ2n) is 20.6. The van der Waals surface area contributed by atoms with Gasteiger partial charge in [0.1, 0.15) is 13.2 Å². The summed E-state index contributed by atoms with van der Waals surface area (Å²) in [5.41, 5.74) is 0. The van der Waals surface area contributed by atoms with Gasteiger partial charge in [-0.05, 0) is 89.9 Å². The van der Waals surface area contributed by atoms with E-state index in [0.717, 1.165) is 83.5 Å². The molecule has 0 saturated carbocycles. The van der Waals surface area contributed by atoms with Crippen molar-refractivity contribution in [3.05, 3.63) is 60.8 Å². The second-order valence-corrected chi connectivity index (χ2v) is 20.6. The van der Waals surface area contributed by atoms with Gasteiger partial charge in [0.15, 0.2) is 6.10 Å². The van der Waals surface area contributed by atoms with Crippen molar-refractivity contribution in [3.8, 4) is 0 Å². The molecule has 0 bridgehead atoms. The van der Waals surface area contributed by atoms with Crippen molar-refractivity contribution < 1.29 is 28.6 Å². The number of hydrogen-bond acceptors (Lipinski definition) is 6. The highest BCUT2D eigenvalue weighted by Gasteiger charge is 2.19. The fourth-order valence-corrected chi connectivity index (χ4v) is 8.83. The molecule has 0 fully saturated rings. The molecule has 0 spiro atoms. The zero-order valence-corrected chi connectivity index (χ0v) is 47.2. The van der Waals surface area contributed by atoms with Crippen LogP contribution in [-0.2, 0) is 28.6 Å². The first kappa shape index (κ1) is 68.1. The van der Waals surface area contributed by atoms with Crippen molar-refractivity contribution in [1.29, 1.82) is 0 Å². The van der Waals surface area contributed by atoms with Crippen LogP contribution in [0.5, 0.6) is 0 Å². The summed E-state index contributed by atoms with van der Waals surface area (Å²) in [6, 6.07) is 0. The molecule has 0 rings (SSSR count). The number of carbonyl (C=O) groups is 3. The Hall–Kier alpha value is -2.89. The van der Waals surface area contributed by atoms with Gasteiger partial charge in [-0.25, -0.2) is 0 Å². The molecule has 71 heavy (non-hydrogen) atoms. The van der Waals surface area contributed by atoms with Gasteiger partial charge in [-0.1, -0.05) is 268 Å². The highest BCUT2D eigenvalue weighted by atomic mass is 16.6. The molecule has 0 N–H and O–H groups in total. The Bertz CT molecular complexity index is 1280. The van der Waals surface area contributed by atoms with Crippen molar-refractivity contribution in [2.45, 2.75) is 322 Å². The lowest BCUT2D eigenvalue weighted by atomic mass is 10.0. The first-order valence-corrected chi connectivity index (χ1v) is 30.8. The second kappa shape index (κ2) is 59.7. The molecule has 0 unspecified atom stereocenters. The Kier molecular flexibility index (Phi) is 57.2. The number of unbranched alkanes of at least 4 members (excludes halogenated alkanes) is 35. The van der Waals surface area contributed by atoms with Gasteiger partial charge in [-0.15, -0.1) is 0 Å². The Morgan fingerprint density at radius 2 is 0.507 bits per heavy atom. The van der Waals surface area contributed by atoms with Gasteiger partial charge in [-0.3, -0.25) is 14.4 Å². The van der Waals surface area contributed by atoms with Gasteiger partial charge >= 0.3 is 17.9 Å². The smallest absolute Gasteiger partial charge is 0.306 e. The van der Waals surface area contributed by atoms with Crippen LogP contribution < -0.4 is 0 Å². The minimum absolute atomic E-state index is 0.0868. The van der Waals surface area contributed by atoms with Crippen molar-refractivity contribution in [2.24, 2.45) is 0 Å². The normalized spacial score (nSPS) is 12.4. The molecule has 0 aliphatic rings. The van der Waals surface area contributed by atoms with Crippen LogP contribution in [0, 0.1) is 0 Å². The summed E-state index contributed by atoms with van der Waals surface area (Å²) in [5.74, 6) is -0.919. The third-order valence-electron chi connectivity index (χ3n) is 13.5. The zero-order chi connectivity index (χ0) is 51.4. The fourth-order valence-electron chi connectivity index (χ4n) is 8.83. The predicted molar refractivity (Wildman–Crippen MR) is 307 cm³/mol. The summed E-state index contributed by atoms with van der Waals surface area (Å²) in [4.78, 5) is 38.2.